The van der Waals surface area contributed by atoms with Crippen molar-refractivity contribution < 1.29 is 49.3 Å². The topological polar surface area (TPSA) is 147 Å². The second-order valence-corrected chi connectivity index (χ2v) is 23.2. The average Bonchev–Trinajstić information content (AvgIpc) is 3.77. The SMILES string of the molecule is COc1ccc2c(c1)C(C)(C)C(/C=C/C1=C(OC(c3cc[n+](C)cc3)C(C)(C)C)C(=C/C=C3/N(CCCCS(=O)(=O)O)c4ccc(OC)cc4C3(C)C)/c3ccccc31)=[N+]2CCCCS(=O)(=O)O. The van der Waals surface area contributed by atoms with Crippen LogP contribution < -0.4 is 18.9 Å². The number of anilines is 1. The summed E-state index contributed by atoms with van der Waals surface area (Å²) in [5, 5.41) is 0. The van der Waals surface area contributed by atoms with E-state index in [4.69, 9.17) is 14.2 Å². The highest BCUT2D eigenvalue weighted by Gasteiger charge is 2.45. The molecule has 0 spiro atoms. The zero-order valence-corrected chi connectivity index (χ0v) is 42.7. The van der Waals surface area contributed by atoms with Crippen LogP contribution >= 0.6 is 0 Å². The number of aromatic nitrogens is 1. The van der Waals surface area contributed by atoms with Crippen LogP contribution in [0.1, 0.15) is 108 Å². The molecule has 1 aromatic heterocycles. The summed E-state index contributed by atoms with van der Waals surface area (Å²) in [5.74, 6) is 1.59. The maximum Gasteiger partial charge on any atom is 0.264 e. The molecule has 2 aliphatic heterocycles. The molecule has 0 saturated heterocycles. The van der Waals surface area contributed by atoms with Crippen LogP contribution in [0.2, 0.25) is 0 Å². The molecule has 68 heavy (non-hydrogen) atoms. The van der Waals surface area contributed by atoms with E-state index in [2.05, 4.69) is 131 Å². The van der Waals surface area contributed by atoms with Crippen molar-refractivity contribution in [1.29, 1.82) is 0 Å². The van der Waals surface area contributed by atoms with Gasteiger partial charge in [-0.1, -0.05) is 58.9 Å². The number of aryl methyl sites for hydroxylation is 1. The monoisotopic (exact) mass is 965 g/mol. The number of allylic oxidation sites excluding steroid dienone is 7. The van der Waals surface area contributed by atoms with Crippen LogP contribution in [-0.2, 0) is 42.9 Å². The fourth-order valence-corrected chi connectivity index (χ4v) is 11.0. The molecule has 3 heterocycles. The zero-order chi connectivity index (χ0) is 49.4. The summed E-state index contributed by atoms with van der Waals surface area (Å²) in [5.41, 5.74) is 9.80. The molecule has 7 rings (SSSR count). The van der Waals surface area contributed by atoms with E-state index in [0.29, 0.717) is 38.8 Å². The molecule has 3 aliphatic rings. The number of ether oxygens (including phenoxy) is 3. The number of benzene rings is 3. The van der Waals surface area contributed by atoms with Crippen molar-refractivity contribution in [2.24, 2.45) is 12.5 Å². The average molecular weight is 966 g/mol. The minimum atomic E-state index is -4.10. The lowest BCUT2D eigenvalue weighted by atomic mass is 9.81. The highest BCUT2D eigenvalue weighted by Crippen LogP contribution is 2.52. The van der Waals surface area contributed by atoms with Crippen molar-refractivity contribution >= 4 is 48.5 Å². The number of fused-ring (bicyclic) bond motifs is 3. The number of hydrogen-bond acceptors (Lipinski definition) is 8. The molecule has 0 bridgehead atoms. The first-order chi connectivity index (χ1) is 31.9. The molecule has 4 aromatic rings. The van der Waals surface area contributed by atoms with Crippen LogP contribution in [0, 0.1) is 5.41 Å². The van der Waals surface area contributed by atoms with Gasteiger partial charge in [-0.25, -0.2) is 4.57 Å². The number of pyridine rings is 1. The first-order valence-electron chi connectivity index (χ1n) is 23.2. The highest BCUT2D eigenvalue weighted by atomic mass is 32.2. The van der Waals surface area contributed by atoms with Crippen molar-refractivity contribution in [3.8, 4) is 11.5 Å². The van der Waals surface area contributed by atoms with Gasteiger partial charge < -0.3 is 19.1 Å². The Morgan fingerprint density at radius 1 is 0.735 bits per heavy atom. The molecule has 362 valence electrons. The van der Waals surface area contributed by atoms with E-state index in [1.165, 1.54) is 0 Å². The second-order valence-electron chi connectivity index (χ2n) is 20.1. The van der Waals surface area contributed by atoms with Gasteiger partial charge in [-0.15, -0.1) is 0 Å². The minimum absolute atomic E-state index is 0.307. The van der Waals surface area contributed by atoms with Gasteiger partial charge in [0.25, 0.3) is 20.2 Å². The van der Waals surface area contributed by atoms with E-state index >= 15 is 0 Å². The molecule has 0 amide bonds. The Morgan fingerprint density at radius 2 is 1.34 bits per heavy atom. The lowest BCUT2D eigenvalue weighted by Gasteiger charge is -2.32. The van der Waals surface area contributed by atoms with Crippen LogP contribution in [0.3, 0.4) is 0 Å². The number of nitrogens with zero attached hydrogens (tertiary/aromatic N) is 3. The Morgan fingerprint density at radius 3 is 1.96 bits per heavy atom. The fraction of sp³-hybridized carbons (Fsp3) is 0.407. The first-order valence-corrected chi connectivity index (χ1v) is 26.4. The molecule has 2 N–H and O–H groups in total. The van der Waals surface area contributed by atoms with E-state index in [0.717, 1.165) is 79.0 Å². The van der Waals surface area contributed by atoms with Gasteiger partial charge in [-0.2, -0.15) is 21.4 Å². The van der Waals surface area contributed by atoms with Gasteiger partial charge in [-0.05, 0) is 98.4 Å². The van der Waals surface area contributed by atoms with E-state index < -0.39 is 31.1 Å². The number of rotatable bonds is 18. The van der Waals surface area contributed by atoms with Crippen molar-refractivity contribution in [3.05, 3.63) is 149 Å². The lowest BCUT2D eigenvalue weighted by Crippen LogP contribution is -2.28. The van der Waals surface area contributed by atoms with Gasteiger partial charge in [0, 0.05) is 81.7 Å². The Balaban J connectivity index is 1.42. The summed E-state index contributed by atoms with van der Waals surface area (Å²) in [7, 11) is -2.89. The van der Waals surface area contributed by atoms with E-state index in [-0.39, 0.29) is 23.0 Å². The number of methoxy groups -OCH3 is 2. The fourth-order valence-electron chi connectivity index (χ4n) is 9.83. The number of hydrogen-bond donors (Lipinski definition) is 2. The maximum absolute atomic E-state index is 11.7. The summed E-state index contributed by atoms with van der Waals surface area (Å²) in [6, 6.07) is 24.7. The Labute approximate surface area is 403 Å². The Kier molecular flexibility index (Phi) is 14.4. The molecule has 0 fully saturated rings. The number of unbranched alkanes of at least 4 members (excludes halogenated alkanes) is 2. The van der Waals surface area contributed by atoms with Crippen molar-refractivity contribution in [2.75, 3.05) is 43.7 Å². The standard InChI is InChI=1S/C54H65N3O9S2/c1-52(2,3)51(37-27-31-55(8)32-28-37)66-50-42(21-25-48-53(4,5)44-35-38(64-9)19-23-46(44)56(48)29-13-15-33-67(58,59)60)40-17-11-12-18-41(40)43(50)22-26-49-54(6,7)45-36-39(65-10)20-24-47(45)57(49)30-14-16-34-68(61,62)63/h11-12,17-28,31-32,35-36,51H,13-16,29-30,33-34H2,1-10H3/p+2. The predicted molar refractivity (Wildman–Crippen MR) is 270 cm³/mol. The molecule has 1 atom stereocenters. The quantitative estimate of drug-likeness (QED) is 0.0561. The normalized spacial score (nSPS) is 18.1. The van der Waals surface area contributed by atoms with Crippen LogP contribution in [0.15, 0.2) is 121 Å². The third-order valence-electron chi connectivity index (χ3n) is 13.4. The van der Waals surface area contributed by atoms with Gasteiger partial charge >= 0.3 is 0 Å². The second kappa shape index (κ2) is 19.5. The van der Waals surface area contributed by atoms with Crippen molar-refractivity contribution in [1.82, 2.24) is 0 Å². The molecular weight excluding hydrogens is 899 g/mol. The van der Waals surface area contributed by atoms with Gasteiger partial charge in [0.2, 0.25) is 5.69 Å². The molecule has 1 aliphatic carbocycles. The van der Waals surface area contributed by atoms with E-state index in [9.17, 15) is 25.9 Å². The van der Waals surface area contributed by atoms with Gasteiger partial charge in [0.1, 0.15) is 37.0 Å². The van der Waals surface area contributed by atoms with Crippen LogP contribution in [0.25, 0.3) is 11.1 Å². The van der Waals surface area contributed by atoms with Crippen molar-refractivity contribution in [2.45, 2.75) is 91.1 Å². The third-order valence-corrected chi connectivity index (χ3v) is 15.0. The lowest BCUT2D eigenvalue weighted by molar-refractivity contribution is -0.671. The molecular formula is C54H67N3O9S2+2. The Bertz CT molecular complexity index is 2960. The molecule has 0 saturated carbocycles. The van der Waals surface area contributed by atoms with E-state index in [1.54, 1.807) is 14.2 Å². The maximum atomic E-state index is 11.7. The van der Waals surface area contributed by atoms with Crippen LogP contribution in [0.5, 0.6) is 11.5 Å². The molecule has 0 radical (unpaired) electrons. The van der Waals surface area contributed by atoms with Crippen LogP contribution in [0.4, 0.5) is 11.4 Å². The van der Waals surface area contributed by atoms with Crippen molar-refractivity contribution in [3.63, 3.8) is 0 Å². The molecule has 1 unspecified atom stereocenters. The van der Waals surface area contributed by atoms with Gasteiger partial charge in [0.05, 0.1) is 31.1 Å². The van der Waals surface area contributed by atoms with Gasteiger partial charge in [0.15, 0.2) is 18.1 Å². The minimum Gasteiger partial charge on any atom is -0.497 e. The first kappa shape index (κ1) is 50.3. The summed E-state index contributed by atoms with van der Waals surface area (Å²) in [6.45, 7) is 16.4. The molecule has 14 heteroatoms. The van der Waals surface area contributed by atoms with E-state index in [1.807, 2.05) is 48.3 Å². The Hall–Kier alpha value is -5.54. The third kappa shape index (κ3) is 10.7. The van der Waals surface area contributed by atoms with Gasteiger partial charge in [-0.3, -0.25) is 9.11 Å². The molecule has 3 aromatic carbocycles. The summed E-state index contributed by atoms with van der Waals surface area (Å²) < 4.78 is 88.9. The van der Waals surface area contributed by atoms with Crippen LogP contribution in [-0.4, -0.2) is 75.0 Å². The predicted octanol–water partition coefficient (Wildman–Crippen LogP) is 10.1. The summed E-state index contributed by atoms with van der Waals surface area (Å²) in [6.07, 6.45) is 14.0. The zero-order valence-electron chi connectivity index (χ0n) is 41.0. The summed E-state index contributed by atoms with van der Waals surface area (Å²) in [4.78, 5) is 2.25. The largest absolute Gasteiger partial charge is 0.497 e. The highest BCUT2D eigenvalue weighted by molar-refractivity contribution is 7.86. The smallest absolute Gasteiger partial charge is 0.264 e. The summed E-state index contributed by atoms with van der Waals surface area (Å²) >= 11 is 0. The molecule has 12 nitrogen and oxygen atoms in total.